The number of nitrogens with one attached hydrogen (secondary N) is 1. The molecule has 0 saturated carbocycles. The number of carbonyl (C=O) groups is 2. The van der Waals surface area contributed by atoms with Crippen LogP contribution in [0.3, 0.4) is 0 Å². The first kappa shape index (κ1) is 17.0. The van der Waals surface area contributed by atoms with Gasteiger partial charge in [-0.1, -0.05) is 18.2 Å². The molecule has 0 atom stereocenters. The summed E-state index contributed by atoms with van der Waals surface area (Å²) in [7, 11) is 0. The lowest BCUT2D eigenvalue weighted by molar-refractivity contribution is -0.118. The number of rotatable bonds is 4. The SMILES string of the molecule is O=CN1CCN(c2ccnc(C(=O)Nc3cccc4cccnc34)c2)CC1. The van der Waals surface area contributed by atoms with Gasteiger partial charge in [-0.2, -0.15) is 0 Å². The Kier molecular flexibility index (Phi) is 4.65. The van der Waals surface area contributed by atoms with Gasteiger partial charge in [0.05, 0.1) is 11.2 Å². The van der Waals surface area contributed by atoms with Crippen LogP contribution < -0.4 is 10.2 Å². The number of benzene rings is 1. The maximum Gasteiger partial charge on any atom is 0.274 e. The van der Waals surface area contributed by atoms with Crippen molar-refractivity contribution < 1.29 is 9.59 Å². The first-order chi connectivity index (χ1) is 13.2. The second kappa shape index (κ2) is 7.41. The van der Waals surface area contributed by atoms with Gasteiger partial charge in [-0.25, -0.2) is 0 Å². The first-order valence-corrected chi connectivity index (χ1v) is 8.80. The van der Waals surface area contributed by atoms with Crippen molar-refractivity contribution in [3.8, 4) is 0 Å². The molecule has 7 nitrogen and oxygen atoms in total. The van der Waals surface area contributed by atoms with E-state index in [4.69, 9.17) is 0 Å². The molecule has 2 aromatic heterocycles. The van der Waals surface area contributed by atoms with E-state index < -0.39 is 0 Å². The summed E-state index contributed by atoms with van der Waals surface area (Å²) in [6, 6.07) is 13.2. The molecule has 0 spiro atoms. The highest BCUT2D eigenvalue weighted by atomic mass is 16.2. The molecule has 1 aliphatic heterocycles. The van der Waals surface area contributed by atoms with Gasteiger partial charge in [0.25, 0.3) is 5.91 Å². The highest BCUT2D eigenvalue weighted by Crippen LogP contribution is 2.22. The van der Waals surface area contributed by atoms with Gasteiger partial charge >= 0.3 is 0 Å². The zero-order valence-corrected chi connectivity index (χ0v) is 14.7. The molecule has 1 aliphatic rings. The summed E-state index contributed by atoms with van der Waals surface area (Å²) in [5, 5.41) is 3.87. The third-order valence-electron chi connectivity index (χ3n) is 4.69. The average Bonchev–Trinajstić information content (AvgIpc) is 2.74. The molecule has 0 aliphatic carbocycles. The molecule has 1 fully saturated rings. The van der Waals surface area contributed by atoms with E-state index in [1.54, 1.807) is 23.4 Å². The van der Waals surface area contributed by atoms with Gasteiger partial charge in [0.1, 0.15) is 5.69 Å². The van der Waals surface area contributed by atoms with Crippen molar-refractivity contribution >= 4 is 34.6 Å². The Balaban J connectivity index is 1.53. The van der Waals surface area contributed by atoms with Gasteiger partial charge in [-0.15, -0.1) is 0 Å². The number of hydrogen-bond donors (Lipinski definition) is 1. The zero-order valence-electron chi connectivity index (χ0n) is 14.7. The fourth-order valence-electron chi connectivity index (χ4n) is 3.22. The Morgan fingerprint density at radius 2 is 1.81 bits per heavy atom. The molecular weight excluding hydrogens is 342 g/mol. The highest BCUT2D eigenvalue weighted by molar-refractivity contribution is 6.07. The molecule has 4 rings (SSSR count). The highest BCUT2D eigenvalue weighted by Gasteiger charge is 2.18. The predicted octanol–water partition coefficient (Wildman–Crippen LogP) is 2.16. The molecule has 0 bridgehead atoms. The largest absolute Gasteiger partial charge is 0.368 e. The topological polar surface area (TPSA) is 78.4 Å². The summed E-state index contributed by atoms with van der Waals surface area (Å²) < 4.78 is 0. The molecule has 2 amide bonds. The molecule has 136 valence electrons. The van der Waals surface area contributed by atoms with Crippen LogP contribution >= 0.6 is 0 Å². The summed E-state index contributed by atoms with van der Waals surface area (Å²) in [5.74, 6) is -0.276. The second-order valence-corrected chi connectivity index (χ2v) is 6.36. The monoisotopic (exact) mass is 361 g/mol. The maximum atomic E-state index is 12.7. The quantitative estimate of drug-likeness (QED) is 0.721. The van der Waals surface area contributed by atoms with E-state index in [0.717, 1.165) is 36.1 Å². The molecule has 7 heteroatoms. The van der Waals surface area contributed by atoms with Crippen molar-refractivity contribution in [2.24, 2.45) is 0 Å². The van der Waals surface area contributed by atoms with Crippen LogP contribution in [0.1, 0.15) is 10.5 Å². The standard InChI is InChI=1S/C20H19N5O2/c26-14-24-9-11-25(12-10-24)16-6-8-21-18(13-16)20(27)23-17-5-1-3-15-4-2-7-22-19(15)17/h1-8,13-14H,9-12H2,(H,23,27). The minimum Gasteiger partial charge on any atom is -0.368 e. The summed E-state index contributed by atoms with van der Waals surface area (Å²) in [4.78, 5) is 36.0. The van der Waals surface area contributed by atoms with E-state index in [2.05, 4.69) is 20.2 Å². The number of piperazine rings is 1. The number of anilines is 2. The van der Waals surface area contributed by atoms with Crippen molar-refractivity contribution in [3.63, 3.8) is 0 Å². The van der Waals surface area contributed by atoms with Gasteiger partial charge in [0, 0.05) is 49.6 Å². The summed E-state index contributed by atoms with van der Waals surface area (Å²) in [6.45, 7) is 2.82. The molecule has 0 radical (unpaired) electrons. The van der Waals surface area contributed by atoms with Crippen molar-refractivity contribution in [1.29, 1.82) is 0 Å². The fourth-order valence-corrected chi connectivity index (χ4v) is 3.22. The fraction of sp³-hybridized carbons (Fsp3) is 0.200. The van der Waals surface area contributed by atoms with Gasteiger partial charge in [0.2, 0.25) is 6.41 Å². The van der Waals surface area contributed by atoms with Crippen LogP contribution in [0.4, 0.5) is 11.4 Å². The van der Waals surface area contributed by atoms with Crippen LogP contribution in [-0.4, -0.2) is 53.4 Å². The minimum absolute atomic E-state index is 0.276. The van der Waals surface area contributed by atoms with Crippen LogP contribution in [0.5, 0.6) is 0 Å². The van der Waals surface area contributed by atoms with E-state index >= 15 is 0 Å². The summed E-state index contributed by atoms with van der Waals surface area (Å²) in [5.41, 5.74) is 2.68. The molecule has 3 heterocycles. The van der Waals surface area contributed by atoms with Gasteiger partial charge in [-0.3, -0.25) is 19.6 Å². The van der Waals surface area contributed by atoms with E-state index in [9.17, 15) is 9.59 Å². The summed E-state index contributed by atoms with van der Waals surface area (Å²) >= 11 is 0. The lowest BCUT2D eigenvalue weighted by Crippen LogP contribution is -2.45. The molecule has 1 aromatic carbocycles. The molecule has 27 heavy (non-hydrogen) atoms. The third-order valence-corrected chi connectivity index (χ3v) is 4.69. The van der Waals surface area contributed by atoms with Crippen molar-refractivity contribution in [3.05, 3.63) is 60.6 Å². The minimum atomic E-state index is -0.276. The van der Waals surface area contributed by atoms with Crippen molar-refractivity contribution in [2.45, 2.75) is 0 Å². The van der Waals surface area contributed by atoms with E-state index in [1.165, 1.54) is 0 Å². The van der Waals surface area contributed by atoms with Crippen LogP contribution in [0.2, 0.25) is 0 Å². The maximum absolute atomic E-state index is 12.7. The number of para-hydroxylation sites is 1. The number of fused-ring (bicyclic) bond motifs is 1. The second-order valence-electron chi connectivity index (χ2n) is 6.36. The van der Waals surface area contributed by atoms with Crippen molar-refractivity contribution in [1.82, 2.24) is 14.9 Å². The Bertz CT molecular complexity index is 978. The van der Waals surface area contributed by atoms with Crippen LogP contribution in [0.25, 0.3) is 10.9 Å². The number of aromatic nitrogens is 2. The van der Waals surface area contributed by atoms with Crippen molar-refractivity contribution in [2.75, 3.05) is 36.4 Å². The molecular formula is C20H19N5O2. The Morgan fingerprint density at radius 1 is 1.00 bits per heavy atom. The Labute approximate surface area is 156 Å². The van der Waals surface area contributed by atoms with Crippen LogP contribution in [0.15, 0.2) is 54.9 Å². The number of amides is 2. The lowest BCUT2D eigenvalue weighted by Gasteiger charge is -2.34. The number of nitrogens with zero attached hydrogens (tertiary/aromatic N) is 4. The Morgan fingerprint density at radius 3 is 2.63 bits per heavy atom. The first-order valence-electron chi connectivity index (χ1n) is 8.80. The normalized spacial score (nSPS) is 14.2. The van der Waals surface area contributed by atoms with Gasteiger partial charge < -0.3 is 15.1 Å². The van der Waals surface area contributed by atoms with Gasteiger partial charge in [0.15, 0.2) is 0 Å². The van der Waals surface area contributed by atoms with Crippen LogP contribution in [-0.2, 0) is 4.79 Å². The lowest BCUT2D eigenvalue weighted by atomic mass is 10.2. The Hall–Kier alpha value is -3.48. The van der Waals surface area contributed by atoms with E-state index in [0.29, 0.717) is 24.5 Å². The molecule has 1 N–H and O–H groups in total. The number of pyridine rings is 2. The van der Waals surface area contributed by atoms with E-state index in [1.807, 2.05) is 36.4 Å². The third kappa shape index (κ3) is 3.57. The van der Waals surface area contributed by atoms with E-state index in [-0.39, 0.29) is 5.91 Å². The molecule has 1 saturated heterocycles. The van der Waals surface area contributed by atoms with Crippen LogP contribution in [0, 0.1) is 0 Å². The average molecular weight is 361 g/mol. The number of carbonyl (C=O) groups excluding carboxylic acids is 2. The smallest absolute Gasteiger partial charge is 0.274 e. The summed E-state index contributed by atoms with van der Waals surface area (Å²) in [6.07, 6.45) is 4.22. The molecule has 3 aromatic rings. The predicted molar refractivity (Wildman–Crippen MR) is 104 cm³/mol. The number of hydrogen-bond acceptors (Lipinski definition) is 5. The van der Waals surface area contributed by atoms with Gasteiger partial charge in [-0.05, 0) is 24.3 Å². The zero-order chi connectivity index (χ0) is 18.6. The molecule has 0 unspecified atom stereocenters.